The summed E-state index contributed by atoms with van der Waals surface area (Å²) in [5.74, 6) is 0. The number of nitrogens with zero attached hydrogens (tertiary/aromatic N) is 7. The molecule has 6 rings (SSSR count). The number of nitrogens with one attached hydrogen (secondary N) is 1. The molecule has 0 bridgehead atoms. The smallest absolute Gasteiger partial charge is 0.113 e. The lowest BCUT2D eigenvalue weighted by Crippen LogP contribution is -2.54. The standard InChI is InChI=1S/C26H30N8O/c1-18-15-34(24-3-2-19(11-27)25-26(24)30-5-4-29-25)17-22(35-18)16-32-6-8-33(9-7-32)21-10-20-12-28-14-23(20)31-13-21/h2-5,10,13,18,22,28H,6-9,12,14-17H2,1H3. The predicted molar refractivity (Wildman–Crippen MR) is 134 cm³/mol. The highest BCUT2D eigenvalue weighted by Crippen LogP contribution is 2.29. The van der Waals surface area contributed by atoms with Crippen LogP contribution in [0.5, 0.6) is 0 Å². The molecule has 2 atom stereocenters. The van der Waals surface area contributed by atoms with Gasteiger partial charge in [0.25, 0.3) is 0 Å². The van der Waals surface area contributed by atoms with Gasteiger partial charge in [-0.3, -0.25) is 19.9 Å². The van der Waals surface area contributed by atoms with Crippen molar-refractivity contribution in [3.05, 3.63) is 53.6 Å². The highest BCUT2D eigenvalue weighted by atomic mass is 16.5. The Kier molecular flexibility index (Phi) is 5.94. The minimum Gasteiger partial charge on any atom is -0.370 e. The monoisotopic (exact) mass is 470 g/mol. The minimum absolute atomic E-state index is 0.111. The quantitative estimate of drug-likeness (QED) is 0.614. The van der Waals surface area contributed by atoms with Gasteiger partial charge in [0.05, 0.1) is 41.0 Å². The van der Waals surface area contributed by atoms with Crippen molar-refractivity contribution in [2.45, 2.75) is 32.2 Å². The minimum atomic E-state index is 0.111. The third kappa shape index (κ3) is 4.41. The van der Waals surface area contributed by atoms with Crippen LogP contribution in [0.2, 0.25) is 0 Å². The number of aromatic nitrogens is 3. The summed E-state index contributed by atoms with van der Waals surface area (Å²) in [6.07, 6.45) is 5.59. The molecule has 0 saturated carbocycles. The number of piperazine rings is 1. The molecule has 3 aromatic rings. The van der Waals surface area contributed by atoms with Gasteiger partial charge in [0, 0.05) is 71.3 Å². The second kappa shape index (κ2) is 9.38. The van der Waals surface area contributed by atoms with E-state index in [0.29, 0.717) is 11.1 Å². The van der Waals surface area contributed by atoms with Gasteiger partial charge in [0.2, 0.25) is 0 Å². The summed E-state index contributed by atoms with van der Waals surface area (Å²) in [5, 5.41) is 12.8. The van der Waals surface area contributed by atoms with Crippen LogP contribution in [0.4, 0.5) is 11.4 Å². The third-order valence-corrected chi connectivity index (χ3v) is 7.24. The second-order valence-electron chi connectivity index (χ2n) is 9.66. The van der Waals surface area contributed by atoms with E-state index < -0.39 is 0 Å². The molecule has 0 radical (unpaired) electrons. The van der Waals surface area contributed by atoms with Crippen molar-refractivity contribution in [2.75, 3.05) is 55.6 Å². The fourth-order valence-corrected chi connectivity index (χ4v) is 5.53. The van der Waals surface area contributed by atoms with Gasteiger partial charge < -0.3 is 19.9 Å². The Labute approximate surface area is 205 Å². The van der Waals surface area contributed by atoms with Crippen LogP contribution in [0.1, 0.15) is 23.7 Å². The number of morpholine rings is 1. The van der Waals surface area contributed by atoms with Crippen molar-refractivity contribution in [1.29, 1.82) is 5.26 Å². The predicted octanol–water partition coefficient (Wildman–Crippen LogP) is 1.92. The van der Waals surface area contributed by atoms with E-state index in [1.54, 1.807) is 12.4 Å². The molecule has 1 aromatic carbocycles. The summed E-state index contributed by atoms with van der Waals surface area (Å²) in [5.41, 5.74) is 6.77. The summed E-state index contributed by atoms with van der Waals surface area (Å²) in [6, 6.07) is 8.39. The normalized spacial score (nSPS) is 22.9. The Balaban J connectivity index is 1.12. The van der Waals surface area contributed by atoms with Crippen molar-refractivity contribution in [2.24, 2.45) is 0 Å². The summed E-state index contributed by atoms with van der Waals surface area (Å²) < 4.78 is 6.36. The van der Waals surface area contributed by atoms with Crippen molar-refractivity contribution in [3.63, 3.8) is 0 Å². The maximum atomic E-state index is 9.47. The lowest BCUT2D eigenvalue weighted by atomic mass is 10.1. The average molecular weight is 471 g/mol. The van der Waals surface area contributed by atoms with E-state index in [2.05, 4.69) is 54.0 Å². The van der Waals surface area contributed by atoms with Gasteiger partial charge in [-0.25, -0.2) is 0 Å². The number of hydrogen-bond acceptors (Lipinski definition) is 9. The van der Waals surface area contributed by atoms with Gasteiger partial charge in [-0.15, -0.1) is 0 Å². The van der Waals surface area contributed by atoms with Crippen molar-refractivity contribution >= 4 is 22.4 Å². The molecule has 2 fully saturated rings. The first-order valence-electron chi connectivity index (χ1n) is 12.4. The molecule has 2 aromatic heterocycles. The molecule has 0 aliphatic carbocycles. The molecule has 5 heterocycles. The number of fused-ring (bicyclic) bond motifs is 2. The van der Waals surface area contributed by atoms with Crippen LogP contribution < -0.4 is 15.1 Å². The van der Waals surface area contributed by atoms with E-state index >= 15 is 0 Å². The van der Waals surface area contributed by atoms with E-state index in [-0.39, 0.29) is 12.2 Å². The molecule has 2 unspecified atom stereocenters. The molecular weight excluding hydrogens is 440 g/mol. The summed E-state index contributed by atoms with van der Waals surface area (Å²) in [6.45, 7) is 10.4. The second-order valence-corrected chi connectivity index (χ2v) is 9.66. The molecule has 3 aliphatic heterocycles. The maximum absolute atomic E-state index is 9.47. The van der Waals surface area contributed by atoms with Crippen LogP contribution in [0, 0.1) is 11.3 Å². The van der Waals surface area contributed by atoms with Crippen LogP contribution in [-0.2, 0) is 17.8 Å². The topological polar surface area (TPSA) is 93.4 Å². The average Bonchev–Trinajstić information content (AvgIpc) is 3.36. The number of nitriles is 1. The highest BCUT2D eigenvalue weighted by Gasteiger charge is 2.30. The fraction of sp³-hybridized carbons (Fsp3) is 0.462. The summed E-state index contributed by atoms with van der Waals surface area (Å²) in [7, 11) is 0. The van der Waals surface area contributed by atoms with Crippen molar-refractivity contribution in [3.8, 4) is 6.07 Å². The van der Waals surface area contributed by atoms with E-state index in [4.69, 9.17) is 4.74 Å². The van der Waals surface area contributed by atoms with Crippen LogP contribution in [-0.4, -0.2) is 77.9 Å². The van der Waals surface area contributed by atoms with Crippen molar-refractivity contribution in [1.82, 2.24) is 25.2 Å². The van der Waals surface area contributed by atoms with Crippen molar-refractivity contribution < 1.29 is 4.74 Å². The fourth-order valence-electron chi connectivity index (χ4n) is 5.53. The summed E-state index contributed by atoms with van der Waals surface area (Å²) >= 11 is 0. The number of benzene rings is 1. The maximum Gasteiger partial charge on any atom is 0.113 e. The first-order chi connectivity index (χ1) is 17.2. The highest BCUT2D eigenvalue weighted by molar-refractivity contribution is 5.92. The van der Waals surface area contributed by atoms with Gasteiger partial charge in [0.15, 0.2) is 0 Å². The number of hydrogen-bond donors (Lipinski definition) is 1. The number of rotatable bonds is 4. The van der Waals surface area contributed by atoms with E-state index in [9.17, 15) is 5.26 Å². The Morgan fingerprint density at radius 2 is 1.86 bits per heavy atom. The van der Waals surface area contributed by atoms with Gasteiger partial charge in [-0.2, -0.15) is 5.26 Å². The van der Waals surface area contributed by atoms with E-state index in [1.807, 2.05) is 18.3 Å². The summed E-state index contributed by atoms with van der Waals surface area (Å²) in [4.78, 5) is 20.9. The molecule has 2 saturated heterocycles. The number of pyridine rings is 1. The lowest BCUT2D eigenvalue weighted by Gasteiger charge is -2.42. The molecule has 9 heteroatoms. The molecule has 1 N–H and O–H groups in total. The Morgan fingerprint density at radius 1 is 1.03 bits per heavy atom. The zero-order valence-corrected chi connectivity index (χ0v) is 20.0. The molecular formula is C26H30N8O. The molecule has 180 valence electrons. The molecule has 0 spiro atoms. The SMILES string of the molecule is CC1CN(c2ccc(C#N)c3nccnc23)CC(CN2CCN(c3cnc4c(c3)CNC4)CC2)O1. The first-order valence-corrected chi connectivity index (χ1v) is 12.4. The molecule has 3 aliphatic rings. The van der Waals surface area contributed by atoms with Crippen LogP contribution in [0.3, 0.4) is 0 Å². The number of anilines is 2. The molecule has 0 amide bonds. The van der Waals surface area contributed by atoms with Gasteiger partial charge in [-0.05, 0) is 30.7 Å². The van der Waals surface area contributed by atoms with Gasteiger partial charge in [0.1, 0.15) is 17.1 Å². The third-order valence-electron chi connectivity index (χ3n) is 7.24. The lowest BCUT2D eigenvalue weighted by molar-refractivity contribution is -0.0327. The van der Waals surface area contributed by atoms with E-state index in [0.717, 1.165) is 70.1 Å². The van der Waals surface area contributed by atoms with Gasteiger partial charge in [-0.1, -0.05) is 0 Å². The van der Waals surface area contributed by atoms with Gasteiger partial charge >= 0.3 is 0 Å². The van der Waals surface area contributed by atoms with Crippen LogP contribution in [0.25, 0.3) is 11.0 Å². The Hall–Kier alpha value is -3.32. The largest absolute Gasteiger partial charge is 0.370 e. The zero-order valence-electron chi connectivity index (χ0n) is 20.0. The van der Waals surface area contributed by atoms with Crippen LogP contribution >= 0.6 is 0 Å². The molecule has 9 nitrogen and oxygen atoms in total. The molecule has 35 heavy (non-hydrogen) atoms. The van der Waals surface area contributed by atoms with E-state index in [1.165, 1.54) is 16.9 Å². The number of ether oxygens (including phenoxy) is 1. The Bertz CT molecular complexity index is 1270. The first kappa shape index (κ1) is 22.2. The zero-order chi connectivity index (χ0) is 23.8. The Morgan fingerprint density at radius 3 is 2.69 bits per heavy atom. The van der Waals surface area contributed by atoms with Crippen LogP contribution in [0.15, 0.2) is 36.8 Å².